The van der Waals surface area contributed by atoms with Crippen molar-refractivity contribution in [1.29, 1.82) is 0 Å². The molecule has 0 aromatic heterocycles. The van der Waals surface area contributed by atoms with Crippen molar-refractivity contribution in [2.24, 2.45) is 11.8 Å². The first kappa shape index (κ1) is 25.5. The van der Waals surface area contributed by atoms with Crippen LogP contribution < -0.4 is 10.6 Å². The summed E-state index contributed by atoms with van der Waals surface area (Å²) in [7, 11) is 0. The van der Waals surface area contributed by atoms with Crippen LogP contribution >= 0.6 is 23.2 Å². The van der Waals surface area contributed by atoms with Crippen molar-refractivity contribution in [3.8, 4) is 0 Å². The SMILES string of the molecule is CCNC(=O)[C@@H]1CN(CC(C)C)[C@@](C)(C(=O)Nc2cccc(Cl)c2)C1c1cccc(Cl)c1F. The minimum Gasteiger partial charge on any atom is -0.356 e. The monoisotopic (exact) mass is 493 g/mol. The Hall–Kier alpha value is -2.15. The van der Waals surface area contributed by atoms with Crippen LogP contribution in [0.15, 0.2) is 42.5 Å². The molecule has 2 aromatic rings. The molecule has 1 aliphatic rings. The van der Waals surface area contributed by atoms with Crippen LogP contribution in [0, 0.1) is 17.7 Å². The maximum absolute atomic E-state index is 15.3. The highest BCUT2D eigenvalue weighted by Crippen LogP contribution is 2.48. The molecule has 5 nitrogen and oxygen atoms in total. The molecular formula is C25H30Cl2FN3O2. The van der Waals surface area contributed by atoms with Crippen molar-refractivity contribution in [3.05, 3.63) is 63.9 Å². The molecule has 0 saturated carbocycles. The minimum atomic E-state index is -1.21. The average Bonchev–Trinajstić information content (AvgIpc) is 3.03. The molecule has 33 heavy (non-hydrogen) atoms. The van der Waals surface area contributed by atoms with Gasteiger partial charge in [-0.15, -0.1) is 0 Å². The second kappa shape index (κ2) is 10.4. The van der Waals surface area contributed by atoms with Gasteiger partial charge in [-0.2, -0.15) is 0 Å². The summed E-state index contributed by atoms with van der Waals surface area (Å²) in [6.07, 6.45) is 0. The van der Waals surface area contributed by atoms with E-state index >= 15 is 4.39 Å². The van der Waals surface area contributed by atoms with Gasteiger partial charge in [-0.25, -0.2) is 4.39 Å². The van der Waals surface area contributed by atoms with Crippen LogP contribution in [0.1, 0.15) is 39.2 Å². The summed E-state index contributed by atoms with van der Waals surface area (Å²) in [6.45, 7) is 9.02. The van der Waals surface area contributed by atoms with Gasteiger partial charge < -0.3 is 10.6 Å². The molecule has 0 bridgehead atoms. The molecule has 2 amide bonds. The highest BCUT2D eigenvalue weighted by atomic mass is 35.5. The first-order chi connectivity index (χ1) is 15.6. The van der Waals surface area contributed by atoms with Gasteiger partial charge >= 0.3 is 0 Å². The zero-order chi connectivity index (χ0) is 24.3. The second-order valence-corrected chi connectivity index (χ2v) is 9.88. The molecule has 1 fully saturated rings. The van der Waals surface area contributed by atoms with Gasteiger partial charge in [0.2, 0.25) is 11.8 Å². The molecule has 0 aliphatic carbocycles. The van der Waals surface area contributed by atoms with E-state index < -0.39 is 23.2 Å². The van der Waals surface area contributed by atoms with Crippen molar-refractivity contribution >= 4 is 40.7 Å². The van der Waals surface area contributed by atoms with E-state index in [9.17, 15) is 9.59 Å². The summed E-state index contributed by atoms with van der Waals surface area (Å²) in [5, 5.41) is 6.25. The first-order valence-electron chi connectivity index (χ1n) is 11.1. The summed E-state index contributed by atoms with van der Waals surface area (Å²) in [5.41, 5.74) is -0.424. The quantitative estimate of drug-likeness (QED) is 0.547. The van der Waals surface area contributed by atoms with Gasteiger partial charge in [0.05, 0.1) is 10.9 Å². The van der Waals surface area contributed by atoms with Crippen molar-refractivity contribution in [2.75, 3.05) is 25.0 Å². The summed E-state index contributed by atoms with van der Waals surface area (Å²) >= 11 is 12.2. The van der Waals surface area contributed by atoms with E-state index in [0.29, 0.717) is 30.3 Å². The number of benzene rings is 2. The van der Waals surface area contributed by atoms with Crippen molar-refractivity contribution in [3.63, 3.8) is 0 Å². The Balaban J connectivity index is 2.15. The third-order valence-electron chi connectivity index (χ3n) is 6.21. The number of nitrogens with one attached hydrogen (secondary N) is 2. The van der Waals surface area contributed by atoms with E-state index in [2.05, 4.69) is 10.6 Å². The number of carbonyl (C=O) groups is 2. The van der Waals surface area contributed by atoms with Gasteiger partial charge in [0.1, 0.15) is 11.4 Å². The lowest BCUT2D eigenvalue weighted by Crippen LogP contribution is -2.55. The number of carbonyl (C=O) groups excluding carboxylic acids is 2. The number of nitrogens with zero attached hydrogens (tertiary/aromatic N) is 1. The van der Waals surface area contributed by atoms with Crippen LogP contribution in [0.3, 0.4) is 0 Å². The number of likely N-dealkylation sites (tertiary alicyclic amines) is 1. The lowest BCUT2D eigenvalue weighted by molar-refractivity contribution is -0.127. The summed E-state index contributed by atoms with van der Waals surface area (Å²) < 4.78 is 15.3. The Morgan fingerprint density at radius 3 is 2.55 bits per heavy atom. The lowest BCUT2D eigenvalue weighted by Gasteiger charge is -2.39. The molecule has 1 unspecified atom stereocenters. The number of amides is 2. The van der Waals surface area contributed by atoms with Crippen LogP contribution in [-0.4, -0.2) is 41.9 Å². The number of anilines is 1. The Morgan fingerprint density at radius 2 is 1.91 bits per heavy atom. The zero-order valence-corrected chi connectivity index (χ0v) is 20.8. The van der Waals surface area contributed by atoms with Gasteiger partial charge in [0, 0.05) is 36.3 Å². The largest absolute Gasteiger partial charge is 0.356 e. The normalized spacial score (nSPS) is 23.0. The Bertz CT molecular complexity index is 1030. The van der Waals surface area contributed by atoms with Gasteiger partial charge in [-0.05, 0) is 49.6 Å². The standard InChI is InChI=1S/C25H30Cl2FN3O2/c1-5-29-23(32)19-14-31(13-15(2)3)25(4,21(19)18-10-7-11-20(27)22(18)28)24(33)30-17-9-6-8-16(26)12-17/h6-12,15,19,21H,5,13-14H2,1-4H3,(H,29,32)(H,30,33)/t19-,21?,25-/m1/s1. The fourth-order valence-corrected chi connectivity index (χ4v) is 5.13. The third-order valence-corrected chi connectivity index (χ3v) is 6.74. The molecule has 178 valence electrons. The first-order valence-corrected chi connectivity index (χ1v) is 11.9. The molecule has 2 N–H and O–H groups in total. The Morgan fingerprint density at radius 1 is 1.21 bits per heavy atom. The number of hydrogen-bond donors (Lipinski definition) is 2. The zero-order valence-electron chi connectivity index (χ0n) is 19.3. The molecule has 0 radical (unpaired) electrons. The highest BCUT2D eigenvalue weighted by Gasteiger charge is 2.58. The van der Waals surface area contributed by atoms with Gasteiger partial charge in [0.25, 0.3) is 0 Å². The summed E-state index contributed by atoms with van der Waals surface area (Å²) in [5.74, 6) is -2.31. The van der Waals surface area contributed by atoms with E-state index in [-0.39, 0.29) is 28.3 Å². The highest BCUT2D eigenvalue weighted by molar-refractivity contribution is 6.31. The number of rotatable bonds is 7. The van der Waals surface area contributed by atoms with Gasteiger partial charge in [-0.3, -0.25) is 14.5 Å². The molecule has 0 spiro atoms. The van der Waals surface area contributed by atoms with E-state index in [1.54, 1.807) is 43.3 Å². The molecule has 1 saturated heterocycles. The molecule has 2 aromatic carbocycles. The summed E-state index contributed by atoms with van der Waals surface area (Å²) in [6, 6.07) is 11.6. The molecule has 1 heterocycles. The van der Waals surface area contributed by atoms with E-state index in [4.69, 9.17) is 23.2 Å². The van der Waals surface area contributed by atoms with Crippen molar-refractivity contribution < 1.29 is 14.0 Å². The third kappa shape index (κ3) is 5.18. The molecule has 1 aliphatic heterocycles. The predicted molar refractivity (Wildman–Crippen MR) is 131 cm³/mol. The predicted octanol–water partition coefficient (Wildman–Crippen LogP) is 5.34. The molecule has 8 heteroatoms. The fourth-order valence-electron chi connectivity index (χ4n) is 4.75. The van der Waals surface area contributed by atoms with Crippen LogP contribution in [0.5, 0.6) is 0 Å². The average molecular weight is 494 g/mol. The number of halogens is 3. The van der Waals surface area contributed by atoms with Crippen LogP contribution in [-0.2, 0) is 9.59 Å². The van der Waals surface area contributed by atoms with Crippen LogP contribution in [0.2, 0.25) is 10.0 Å². The lowest BCUT2D eigenvalue weighted by atomic mass is 9.74. The molecular weight excluding hydrogens is 464 g/mol. The Labute approximate surface area is 204 Å². The van der Waals surface area contributed by atoms with E-state index in [1.807, 2.05) is 25.7 Å². The smallest absolute Gasteiger partial charge is 0.245 e. The summed E-state index contributed by atoms with van der Waals surface area (Å²) in [4.78, 5) is 29.0. The van der Waals surface area contributed by atoms with E-state index in [1.165, 1.54) is 6.07 Å². The second-order valence-electron chi connectivity index (χ2n) is 9.03. The van der Waals surface area contributed by atoms with Gasteiger partial charge in [-0.1, -0.05) is 55.2 Å². The molecule has 3 rings (SSSR count). The van der Waals surface area contributed by atoms with E-state index in [0.717, 1.165) is 0 Å². The fraction of sp³-hybridized carbons (Fsp3) is 0.440. The number of hydrogen-bond acceptors (Lipinski definition) is 3. The van der Waals surface area contributed by atoms with Crippen molar-refractivity contribution in [1.82, 2.24) is 10.2 Å². The molecule has 3 atom stereocenters. The van der Waals surface area contributed by atoms with Crippen LogP contribution in [0.4, 0.5) is 10.1 Å². The Kier molecular flexibility index (Phi) is 8.04. The van der Waals surface area contributed by atoms with Crippen molar-refractivity contribution in [2.45, 2.75) is 39.2 Å². The topological polar surface area (TPSA) is 61.4 Å². The minimum absolute atomic E-state index is 0.0398. The maximum atomic E-state index is 15.3. The maximum Gasteiger partial charge on any atom is 0.245 e. The van der Waals surface area contributed by atoms with Gasteiger partial charge in [0.15, 0.2) is 0 Å². The van der Waals surface area contributed by atoms with Crippen LogP contribution in [0.25, 0.3) is 0 Å².